The van der Waals surface area contributed by atoms with Crippen LogP contribution in [0.3, 0.4) is 0 Å². The van der Waals surface area contributed by atoms with Crippen molar-refractivity contribution in [1.29, 1.82) is 0 Å². The third-order valence-corrected chi connectivity index (χ3v) is 5.67. The first kappa shape index (κ1) is 30.8. The first-order valence-electron chi connectivity index (χ1n) is 9.86. The number of ether oxygens (including phenoxy) is 2. The molecule has 4 rings (SSSR count). The third-order valence-electron chi connectivity index (χ3n) is 4.31. The number of carbonyl (C=O) groups is 2. The second-order valence-electron chi connectivity index (χ2n) is 6.88. The van der Waals surface area contributed by atoms with Crippen LogP contribution in [0.1, 0.15) is 18.4 Å². The largest absolute Gasteiger partial charge is 1.00 e. The predicted molar refractivity (Wildman–Crippen MR) is 124 cm³/mol. The predicted octanol–water partition coefficient (Wildman–Crippen LogP) is -0.490. The molecule has 13 heteroatoms. The van der Waals surface area contributed by atoms with Crippen LogP contribution >= 0.6 is 15.9 Å². The number of halogens is 1. The molecule has 3 heterocycles. The van der Waals surface area contributed by atoms with Gasteiger partial charge in [0, 0.05) is 35.3 Å². The van der Waals surface area contributed by atoms with E-state index in [0.717, 1.165) is 10.0 Å². The van der Waals surface area contributed by atoms with Crippen molar-refractivity contribution in [2.24, 2.45) is 0 Å². The maximum Gasteiger partial charge on any atom is 1.00 e. The topological polar surface area (TPSA) is 155 Å². The van der Waals surface area contributed by atoms with Crippen LogP contribution in [0, 0.1) is 6.92 Å². The van der Waals surface area contributed by atoms with Crippen molar-refractivity contribution in [2.75, 3.05) is 18.5 Å². The number of hydrogen-bond donors (Lipinski definition) is 2. The van der Waals surface area contributed by atoms with Gasteiger partial charge in [-0.15, -0.1) is 6.26 Å². The minimum atomic E-state index is -4.02. The normalized spacial score (nSPS) is 16.8. The molecular weight excluding hydrogens is 555 g/mol. The zero-order valence-corrected chi connectivity index (χ0v) is 23.5. The molecule has 0 bridgehead atoms. The van der Waals surface area contributed by atoms with Crippen LogP contribution < -0.4 is 40.0 Å². The number of hydrogen-bond acceptors (Lipinski definition) is 9. The van der Waals surface area contributed by atoms with E-state index in [0.29, 0.717) is 43.7 Å². The zero-order valence-electron chi connectivity index (χ0n) is 19.1. The monoisotopic (exact) mass is 576 g/mol. The van der Waals surface area contributed by atoms with Gasteiger partial charge in [0.25, 0.3) is 10.1 Å². The Morgan fingerprint density at radius 2 is 1.63 bits per heavy atom. The Labute approximate surface area is 233 Å². The van der Waals surface area contributed by atoms with Crippen molar-refractivity contribution in [2.45, 2.75) is 24.7 Å². The molecule has 2 fully saturated rings. The van der Waals surface area contributed by atoms with Gasteiger partial charge in [0.1, 0.15) is 5.82 Å². The van der Waals surface area contributed by atoms with Gasteiger partial charge in [-0.3, -0.25) is 4.55 Å². The Morgan fingerprint density at radius 1 is 1.06 bits per heavy atom. The van der Waals surface area contributed by atoms with E-state index in [9.17, 15) is 23.1 Å². The molecule has 0 spiro atoms. The molecule has 0 radical (unpaired) electrons. The summed E-state index contributed by atoms with van der Waals surface area (Å²) in [6.07, 6.45) is 5.00. The number of aromatic nitrogens is 1. The second kappa shape index (κ2) is 15.0. The number of rotatable bonds is 3. The Kier molecular flexibility index (Phi) is 13.2. The molecule has 0 aliphatic carbocycles. The average Bonchev–Trinajstić information content (AvgIpc) is 3.40. The minimum absolute atomic E-state index is 0. The van der Waals surface area contributed by atoms with Crippen LogP contribution in [0.4, 0.5) is 5.82 Å². The van der Waals surface area contributed by atoms with E-state index in [1.54, 1.807) is 24.5 Å². The molecule has 1 aromatic carbocycles. The first-order valence-corrected chi connectivity index (χ1v) is 12.1. The second-order valence-corrected chi connectivity index (χ2v) is 9.21. The molecule has 10 nitrogen and oxygen atoms in total. The number of nitrogens with zero attached hydrogens (tertiary/aromatic N) is 1. The summed E-state index contributed by atoms with van der Waals surface area (Å²) in [4.78, 5) is 25.4. The van der Waals surface area contributed by atoms with E-state index in [4.69, 9.17) is 9.29 Å². The fourth-order valence-electron chi connectivity index (χ4n) is 2.49. The van der Waals surface area contributed by atoms with Gasteiger partial charge in [-0.2, -0.15) is 8.42 Å². The zero-order chi connectivity index (χ0) is 25.1. The number of aryl methyl sites for hydroxylation is 1. The standard InChI is InChI=1S/C10H9BrN2O2.C7H8O3S.C5H6O3.Na/c11-8-1-3-12-9(5-8)13-6-7-2-4-15-10(7)14;1-6-2-4-7(5-3-6)11(8,9)10;6-3-4-1-2-8-5(4)7;/h1,3,5-6H,2,4H2,(H,12,13);2-5H,1H3,(H,8,9,10);3,6H,1-2H2;/q;;;+1/p-1/b7-6+;;4-3+;. The van der Waals surface area contributed by atoms with Crippen LogP contribution in [-0.2, 0) is 29.2 Å². The molecule has 2 N–H and O–H groups in total. The molecular formula is C22H22BrN2NaO8S. The van der Waals surface area contributed by atoms with Crippen molar-refractivity contribution < 1.29 is 66.7 Å². The molecule has 2 aliphatic heterocycles. The van der Waals surface area contributed by atoms with Crippen molar-refractivity contribution in [3.05, 3.63) is 76.2 Å². The number of pyridine rings is 1. The van der Waals surface area contributed by atoms with Crippen LogP contribution in [0.2, 0.25) is 0 Å². The van der Waals surface area contributed by atoms with Crippen LogP contribution in [0.5, 0.6) is 0 Å². The maximum atomic E-state index is 11.1. The van der Waals surface area contributed by atoms with Gasteiger partial charge in [0.05, 0.1) is 23.7 Å². The van der Waals surface area contributed by atoms with Crippen molar-refractivity contribution in [3.63, 3.8) is 0 Å². The SMILES string of the molecule is Cc1ccc(S(=O)(=O)O)cc1.O=C1OCC/C1=C\Nc1cc(Br)ccn1.O=C1OCC/C1=C\[O-].[Na+]. The molecule has 182 valence electrons. The molecule has 2 saturated heterocycles. The van der Waals surface area contributed by atoms with Crippen molar-refractivity contribution in [3.8, 4) is 0 Å². The summed E-state index contributed by atoms with van der Waals surface area (Å²) in [5.74, 6) is -0.0194. The third kappa shape index (κ3) is 10.9. The van der Waals surface area contributed by atoms with E-state index in [1.165, 1.54) is 12.1 Å². The van der Waals surface area contributed by atoms with E-state index in [-0.39, 0.29) is 46.0 Å². The van der Waals surface area contributed by atoms with E-state index in [2.05, 4.69) is 31.0 Å². The van der Waals surface area contributed by atoms with Crippen LogP contribution in [-0.4, -0.2) is 43.1 Å². The summed E-state index contributed by atoms with van der Waals surface area (Å²) in [6.45, 7) is 2.68. The average molecular weight is 577 g/mol. The number of cyclic esters (lactones) is 2. The summed E-state index contributed by atoms with van der Waals surface area (Å²) >= 11 is 3.34. The summed E-state index contributed by atoms with van der Waals surface area (Å²) in [6, 6.07) is 9.65. The van der Waals surface area contributed by atoms with Crippen molar-refractivity contribution in [1.82, 2.24) is 4.98 Å². The summed E-state index contributed by atoms with van der Waals surface area (Å²) in [5, 5.41) is 12.8. The van der Waals surface area contributed by atoms with Crippen LogP contribution in [0.25, 0.3) is 0 Å². The number of benzene rings is 1. The van der Waals surface area contributed by atoms with Gasteiger partial charge in [-0.25, -0.2) is 14.6 Å². The van der Waals surface area contributed by atoms with Gasteiger partial charge in [-0.05, 0) is 31.2 Å². The fourth-order valence-corrected chi connectivity index (χ4v) is 3.31. The Hall–Kier alpha value is -2.22. The van der Waals surface area contributed by atoms with Crippen molar-refractivity contribution >= 4 is 43.8 Å². The van der Waals surface area contributed by atoms with E-state index >= 15 is 0 Å². The van der Waals surface area contributed by atoms with Gasteiger partial charge in [0.2, 0.25) is 0 Å². The molecule has 1 aromatic heterocycles. The quantitative estimate of drug-likeness (QED) is 0.161. The van der Waals surface area contributed by atoms with Gasteiger partial charge < -0.3 is 19.9 Å². The van der Waals surface area contributed by atoms with E-state index < -0.39 is 16.1 Å². The summed E-state index contributed by atoms with van der Waals surface area (Å²) < 4.78 is 39.7. The van der Waals surface area contributed by atoms with Gasteiger partial charge >= 0.3 is 41.5 Å². The maximum absolute atomic E-state index is 11.1. The number of carbonyl (C=O) groups excluding carboxylic acids is 2. The Morgan fingerprint density at radius 3 is 2.06 bits per heavy atom. The van der Waals surface area contributed by atoms with E-state index in [1.807, 2.05) is 19.1 Å². The summed E-state index contributed by atoms with van der Waals surface area (Å²) in [7, 11) is -4.02. The minimum Gasteiger partial charge on any atom is -0.878 e. The molecule has 2 aromatic rings. The smallest absolute Gasteiger partial charge is 0.878 e. The van der Waals surface area contributed by atoms with Gasteiger partial charge in [0.15, 0.2) is 0 Å². The summed E-state index contributed by atoms with van der Waals surface area (Å²) in [5.41, 5.74) is 1.86. The molecule has 0 unspecified atom stereocenters. The first-order chi connectivity index (χ1) is 16.1. The number of nitrogens with one attached hydrogen (secondary N) is 1. The fraction of sp³-hybridized carbons (Fsp3) is 0.227. The Bertz CT molecular complexity index is 1180. The number of anilines is 1. The van der Waals surface area contributed by atoms with Crippen LogP contribution in [0.15, 0.2) is 75.6 Å². The Balaban J connectivity index is 0.000000272. The number of esters is 2. The molecule has 0 amide bonds. The molecule has 0 saturated carbocycles. The molecule has 2 aliphatic rings. The molecule has 0 atom stereocenters. The molecule has 35 heavy (non-hydrogen) atoms. The van der Waals surface area contributed by atoms with Gasteiger partial charge in [-0.1, -0.05) is 33.6 Å².